The number of sulfonamides is 1. The fourth-order valence-corrected chi connectivity index (χ4v) is 4.62. The summed E-state index contributed by atoms with van der Waals surface area (Å²) in [6.07, 6.45) is 0.982. The van der Waals surface area contributed by atoms with Crippen molar-refractivity contribution in [3.63, 3.8) is 0 Å². The van der Waals surface area contributed by atoms with Crippen LogP contribution in [0.4, 0.5) is 0 Å². The van der Waals surface area contributed by atoms with Gasteiger partial charge in [0, 0.05) is 26.2 Å². The van der Waals surface area contributed by atoms with Gasteiger partial charge in [0.05, 0.1) is 5.75 Å². The van der Waals surface area contributed by atoms with Gasteiger partial charge in [0.15, 0.2) is 5.96 Å². The summed E-state index contributed by atoms with van der Waals surface area (Å²) in [5.74, 6) is 0.632. The first-order chi connectivity index (χ1) is 13.8. The molecule has 2 rings (SSSR count). The molecule has 0 unspecified atom stereocenters. The molecule has 0 amide bonds. The van der Waals surface area contributed by atoms with Gasteiger partial charge in [-0.3, -0.25) is 4.99 Å². The van der Waals surface area contributed by atoms with Crippen molar-refractivity contribution in [3.05, 3.63) is 70.8 Å². The molecule has 0 heterocycles. The van der Waals surface area contributed by atoms with Crippen LogP contribution in [0.15, 0.2) is 53.5 Å². The summed E-state index contributed by atoms with van der Waals surface area (Å²) < 4.78 is 27.3. The van der Waals surface area contributed by atoms with Gasteiger partial charge < -0.3 is 10.6 Å². The molecule has 0 aliphatic rings. The average Bonchev–Trinajstić information content (AvgIpc) is 2.68. The van der Waals surface area contributed by atoms with E-state index in [4.69, 9.17) is 0 Å². The Balaban J connectivity index is 2.01. The number of aryl methyl sites for hydroxylation is 1. The molecule has 0 fully saturated rings. The number of nitrogens with zero attached hydrogens (tertiary/aromatic N) is 1. The Hall–Kier alpha value is -2.38. The van der Waals surface area contributed by atoms with Gasteiger partial charge in [0.1, 0.15) is 0 Å². The van der Waals surface area contributed by atoms with Gasteiger partial charge in [-0.25, -0.2) is 13.1 Å². The normalized spacial score (nSPS) is 12.2. The highest BCUT2D eigenvalue weighted by Gasteiger charge is 2.15. The number of hydrogen-bond donors (Lipinski definition) is 3. The van der Waals surface area contributed by atoms with Crippen molar-refractivity contribution in [1.29, 1.82) is 0 Å². The molecule has 158 valence electrons. The third-order valence-electron chi connectivity index (χ3n) is 4.49. The lowest BCUT2D eigenvalue weighted by Gasteiger charge is -2.16. The summed E-state index contributed by atoms with van der Waals surface area (Å²) in [6, 6.07) is 15.8. The Morgan fingerprint density at radius 1 is 0.897 bits per heavy atom. The van der Waals surface area contributed by atoms with Crippen LogP contribution in [-0.2, 0) is 35.3 Å². The summed E-state index contributed by atoms with van der Waals surface area (Å²) in [7, 11) is -1.65. The van der Waals surface area contributed by atoms with E-state index in [0.717, 1.165) is 17.5 Å². The zero-order valence-corrected chi connectivity index (χ0v) is 18.5. The van der Waals surface area contributed by atoms with Crippen LogP contribution in [0.25, 0.3) is 0 Å². The topological polar surface area (TPSA) is 82.6 Å². The number of rotatable bonds is 9. The number of hydrogen-bond acceptors (Lipinski definition) is 3. The van der Waals surface area contributed by atoms with Crippen molar-refractivity contribution in [1.82, 2.24) is 15.4 Å². The van der Waals surface area contributed by atoms with Gasteiger partial charge in [0.25, 0.3) is 0 Å². The molecule has 7 heteroatoms. The fraction of sp³-hybridized carbons (Fsp3) is 0.409. The van der Waals surface area contributed by atoms with Gasteiger partial charge in [-0.1, -0.05) is 55.5 Å². The number of guanidine groups is 1. The molecule has 0 spiro atoms. The second-order valence-corrected chi connectivity index (χ2v) is 8.96. The van der Waals surface area contributed by atoms with Crippen molar-refractivity contribution < 1.29 is 8.42 Å². The van der Waals surface area contributed by atoms with Crippen LogP contribution >= 0.6 is 0 Å². The minimum Gasteiger partial charge on any atom is -0.352 e. The van der Waals surface area contributed by atoms with E-state index in [1.165, 1.54) is 11.1 Å². The monoisotopic (exact) mass is 416 g/mol. The zero-order valence-electron chi connectivity index (χ0n) is 17.7. The molecule has 0 aliphatic carbocycles. The standard InChI is InChI=1S/C22H32N4O2S/c1-5-18-10-6-7-11-19(18)14-24-22(23-4)25-15-20-12-8-9-13-21(20)16-29(27,28)26-17(2)3/h6-13,17,26H,5,14-16H2,1-4H3,(H2,23,24,25). The molecule has 0 saturated carbocycles. The summed E-state index contributed by atoms with van der Waals surface area (Å²) in [5, 5.41) is 6.62. The molecule has 29 heavy (non-hydrogen) atoms. The third kappa shape index (κ3) is 7.51. The highest BCUT2D eigenvalue weighted by atomic mass is 32.2. The molecule has 0 radical (unpaired) electrons. The van der Waals surface area contributed by atoms with Crippen LogP contribution in [0.1, 0.15) is 43.0 Å². The zero-order chi connectivity index (χ0) is 21.3. The molecule has 3 N–H and O–H groups in total. The van der Waals surface area contributed by atoms with E-state index in [2.05, 4.69) is 45.5 Å². The van der Waals surface area contributed by atoms with E-state index in [-0.39, 0.29) is 11.8 Å². The predicted octanol–water partition coefficient (Wildman–Crippen LogP) is 2.94. The molecule has 2 aromatic carbocycles. The van der Waals surface area contributed by atoms with Crippen LogP contribution < -0.4 is 15.4 Å². The summed E-state index contributed by atoms with van der Waals surface area (Å²) >= 11 is 0. The third-order valence-corrected chi connectivity index (χ3v) is 6.02. The number of benzene rings is 2. The van der Waals surface area contributed by atoms with Gasteiger partial charge in [-0.05, 0) is 42.5 Å². The molecule has 0 saturated heterocycles. The maximum atomic E-state index is 12.3. The fourth-order valence-electron chi connectivity index (χ4n) is 3.13. The van der Waals surface area contributed by atoms with E-state index in [9.17, 15) is 8.42 Å². The van der Waals surface area contributed by atoms with Crippen molar-refractivity contribution in [2.24, 2.45) is 4.99 Å². The molecule has 0 atom stereocenters. The summed E-state index contributed by atoms with van der Waals surface area (Å²) in [6.45, 7) is 6.94. The van der Waals surface area contributed by atoms with Gasteiger partial charge in [-0.15, -0.1) is 0 Å². The van der Waals surface area contributed by atoms with E-state index in [1.807, 2.05) is 44.2 Å². The van der Waals surface area contributed by atoms with Crippen LogP contribution in [0.2, 0.25) is 0 Å². The molecule has 0 aromatic heterocycles. The highest BCUT2D eigenvalue weighted by Crippen LogP contribution is 2.13. The van der Waals surface area contributed by atoms with Gasteiger partial charge >= 0.3 is 0 Å². The second-order valence-electron chi connectivity index (χ2n) is 7.20. The maximum absolute atomic E-state index is 12.3. The van der Waals surface area contributed by atoms with Crippen LogP contribution in [0, 0.1) is 0 Å². The summed E-state index contributed by atoms with van der Waals surface area (Å²) in [4.78, 5) is 4.28. The van der Waals surface area contributed by atoms with E-state index >= 15 is 0 Å². The molecule has 2 aromatic rings. The molecule has 6 nitrogen and oxygen atoms in total. The first kappa shape index (κ1) is 22.9. The van der Waals surface area contributed by atoms with Crippen LogP contribution in [0.3, 0.4) is 0 Å². The van der Waals surface area contributed by atoms with E-state index in [1.54, 1.807) is 7.05 Å². The quantitative estimate of drug-likeness (QED) is 0.434. The van der Waals surface area contributed by atoms with E-state index in [0.29, 0.717) is 19.0 Å². The van der Waals surface area contributed by atoms with E-state index < -0.39 is 10.0 Å². The maximum Gasteiger partial charge on any atom is 0.216 e. The van der Waals surface area contributed by atoms with Crippen molar-refractivity contribution in [3.8, 4) is 0 Å². The minimum absolute atomic E-state index is 0.0427. The molecular weight excluding hydrogens is 384 g/mol. The van der Waals surface area contributed by atoms with Crippen molar-refractivity contribution >= 4 is 16.0 Å². The lowest BCUT2D eigenvalue weighted by atomic mass is 10.1. The van der Waals surface area contributed by atoms with Crippen molar-refractivity contribution in [2.75, 3.05) is 7.05 Å². The Bertz CT molecular complexity index is 924. The van der Waals surface area contributed by atoms with Gasteiger partial charge in [-0.2, -0.15) is 0 Å². The lowest BCUT2D eigenvalue weighted by Crippen LogP contribution is -2.37. The summed E-state index contributed by atoms with van der Waals surface area (Å²) in [5.41, 5.74) is 4.26. The van der Waals surface area contributed by atoms with Crippen molar-refractivity contribution in [2.45, 2.75) is 52.1 Å². The predicted molar refractivity (Wildman–Crippen MR) is 120 cm³/mol. The Labute approximate surface area is 174 Å². The molecule has 0 bridgehead atoms. The molecule has 0 aliphatic heterocycles. The molecular formula is C22H32N4O2S. The SMILES string of the molecule is CCc1ccccc1CNC(=NC)NCc1ccccc1CS(=O)(=O)NC(C)C. The largest absolute Gasteiger partial charge is 0.352 e. The minimum atomic E-state index is -3.38. The Morgan fingerprint density at radius 2 is 1.38 bits per heavy atom. The van der Waals surface area contributed by atoms with Gasteiger partial charge in [0.2, 0.25) is 10.0 Å². The Morgan fingerprint density at radius 3 is 1.86 bits per heavy atom. The average molecular weight is 417 g/mol. The smallest absolute Gasteiger partial charge is 0.216 e. The van der Waals surface area contributed by atoms with Crippen LogP contribution in [0.5, 0.6) is 0 Å². The lowest BCUT2D eigenvalue weighted by molar-refractivity contribution is 0.568. The first-order valence-corrected chi connectivity index (χ1v) is 11.6. The second kappa shape index (κ2) is 11.0. The Kier molecular flexibility index (Phi) is 8.67. The number of nitrogens with one attached hydrogen (secondary N) is 3. The first-order valence-electron chi connectivity index (χ1n) is 9.92. The van der Waals surface area contributed by atoms with Crippen LogP contribution in [-0.4, -0.2) is 27.5 Å². The number of aliphatic imine (C=N–C) groups is 1. The highest BCUT2D eigenvalue weighted by molar-refractivity contribution is 7.88.